The van der Waals surface area contributed by atoms with Crippen molar-refractivity contribution in [1.29, 1.82) is 0 Å². The molecule has 1 aromatic rings. The summed E-state index contributed by atoms with van der Waals surface area (Å²) >= 11 is 1.97. The molecule has 0 saturated heterocycles. The van der Waals surface area contributed by atoms with E-state index in [1.807, 2.05) is 24.2 Å². The number of rotatable bonds is 5. The number of thioether (sulfide) groups is 1. The zero-order chi connectivity index (χ0) is 13.5. The molecule has 2 rings (SSSR count). The van der Waals surface area contributed by atoms with Gasteiger partial charge in [-0.1, -0.05) is 44.4 Å². The molecule has 3 nitrogen and oxygen atoms in total. The van der Waals surface area contributed by atoms with E-state index < -0.39 is 0 Å². The molecule has 1 aliphatic carbocycles. The standard InChI is InChI=1S/C15H27N3S/c1-3-10-16-13-8-6-4-5-7-9-14(13)19-15-17-11-12-18(15)2/h11-14,16H,3-10H2,1-2H3. The Kier molecular flexibility index (Phi) is 6.24. The van der Waals surface area contributed by atoms with Crippen LogP contribution >= 0.6 is 11.8 Å². The van der Waals surface area contributed by atoms with Crippen LogP contribution in [0.25, 0.3) is 0 Å². The van der Waals surface area contributed by atoms with Gasteiger partial charge in [-0.2, -0.15) is 0 Å². The van der Waals surface area contributed by atoms with E-state index in [1.54, 1.807) is 0 Å². The normalized spacial score (nSPS) is 24.9. The minimum absolute atomic E-state index is 0.655. The second-order valence-electron chi connectivity index (χ2n) is 5.53. The Bertz CT molecular complexity index is 362. The van der Waals surface area contributed by atoms with Crippen LogP contribution in [0.2, 0.25) is 0 Å². The fourth-order valence-corrected chi connectivity index (χ4v) is 4.06. The molecule has 19 heavy (non-hydrogen) atoms. The first kappa shape index (κ1) is 14.9. The van der Waals surface area contributed by atoms with Crippen LogP contribution in [0.1, 0.15) is 51.9 Å². The number of hydrogen-bond donors (Lipinski definition) is 1. The molecular formula is C15H27N3S. The number of aromatic nitrogens is 2. The lowest BCUT2D eigenvalue weighted by Gasteiger charge is -2.29. The van der Waals surface area contributed by atoms with E-state index in [9.17, 15) is 0 Å². The summed E-state index contributed by atoms with van der Waals surface area (Å²) < 4.78 is 2.14. The van der Waals surface area contributed by atoms with Crippen molar-refractivity contribution in [3.8, 4) is 0 Å². The monoisotopic (exact) mass is 281 g/mol. The number of aryl methyl sites for hydroxylation is 1. The molecule has 0 aromatic carbocycles. The van der Waals surface area contributed by atoms with Gasteiger partial charge in [0.05, 0.1) is 0 Å². The first-order chi connectivity index (χ1) is 9.31. The van der Waals surface area contributed by atoms with Crippen LogP contribution in [0.15, 0.2) is 17.6 Å². The minimum atomic E-state index is 0.655. The van der Waals surface area contributed by atoms with Gasteiger partial charge in [-0.3, -0.25) is 0 Å². The number of imidazole rings is 1. The molecule has 2 atom stereocenters. The topological polar surface area (TPSA) is 29.9 Å². The van der Waals surface area contributed by atoms with Gasteiger partial charge in [0.25, 0.3) is 0 Å². The predicted octanol–water partition coefficient (Wildman–Crippen LogP) is 3.60. The van der Waals surface area contributed by atoms with Crippen LogP contribution < -0.4 is 5.32 Å². The highest BCUT2D eigenvalue weighted by Crippen LogP contribution is 2.31. The number of nitrogens with one attached hydrogen (secondary N) is 1. The average Bonchev–Trinajstić information content (AvgIpc) is 2.78. The van der Waals surface area contributed by atoms with Crippen LogP contribution in [0.3, 0.4) is 0 Å². The largest absolute Gasteiger partial charge is 0.329 e. The maximum atomic E-state index is 4.48. The van der Waals surface area contributed by atoms with Gasteiger partial charge in [0, 0.05) is 30.7 Å². The molecule has 108 valence electrons. The molecule has 1 aliphatic rings. The lowest BCUT2D eigenvalue weighted by atomic mass is 9.96. The fourth-order valence-electron chi connectivity index (χ4n) is 2.76. The Morgan fingerprint density at radius 3 is 2.79 bits per heavy atom. The molecule has 2 unspecified atom stereocenters. The van der Waals surface area contributed by atoms with Crippen molar-refractivity contribution in [3.05, 3.63) is 12.4 Å². The second kappa shape index (κ2) is 7.95. The molecule has 1 heterocycles. The van der Waals surface area contributed by atoms with Gasteiger partial charge >= 0.3 is 0 Å². The third-order valence-corrected chi connectivity index (χ3v) is 5.36. The molecule has 1 saturated carbocycles. The van der Waals surface area contributed by atoms with Crippen molar-refractivity contribution in [3.63, 3.8) is 0 Å². The van der Waals surface area contributed by atoms with E-state index in [-0.39, 0.29) is 0 Å². The van der Waals surface area contributed by atoms with Crippen molar-refractivity contribution in [2.24, 2.45) is 7.05 Å². The highest BCUT2D eigenvalue weighted by molar-refractivity contribution is 7.99. The number of nitrogens with zero attached hydrogens (tertiary/aromatic N) is 2. The molecule has 1 aromatic heterocycles. The lowest BCUT2D eigenvalue weighted by molar-refractivity contribution is 0.399. The van der Waals surface area contributed by atoms with Crippen LogP contribution in [-0.4, -0.2) is 27.4 Å². The Morgan fingerprint density at radius 1 is 1.32 bits per heavy atom. The van der Waals surface area contributed by atoms with Crippen LogP contribution in [0.4, 0.5) is 0 Å². The minimum Gasteiger partial charge on any atom is -0.329 e. The highest BCUT2D eigenvalue weighted by atomic mass is 32.2. The van der Waals surface area contributed by atoms with Gasteiger partial charge in [0.15, 0.2) is 5.16 Å². The first-order valence-corrected chi connectivity index (χ1v) is 8.56. The van der Waals surface area contributed by atoms with Crippen molar-refractivity contribution in [2.45, 2.75) is 68.3 Å². The summed E-state index contributed by atoms with van der Waals surface area (Å²) in [5.41, 5.74) is 0. The average molecular weight is 281 g/mol. The van der Waals surface area contributed by atoms with E-state index in [4.69, 9.17) is 0 Å². The van der Waals surface area contributed by atoms with E-state index in [1.165, 1.54) is 44.9 Å². The molecule has 0 bridgehead atoms. The molecule has 4 heteroatoms. The molecule has 0 radical (unpaired) electrons. The van der Waals surface area contributed by atoms with Crippen LogP contribution in [0.5, 0.6) is 0 Å². The molecule has 0 aliphatic heterocycles. The van der Waals surface area contributed by atoms with E-state index in [0.717, 1.165) is 11.7 Å². The zero-order valence-electron chi connectivity index (χ0n) is 12.3. The summed E-state index contributed by atoms with van der Waals surface area (Å²) in [6.07, 6.45) is 13.4. The van der Waals surface area contributed by atoms with Crippen molar-refractivity contribution < 1.29 is 0 Å². The smallest absolute Gasteiger partial charge is 0.167 e. The van der Waals surface area contributed by atoms with Gasteiger partial charge in [-0.05, 0) is 25.8 Å². The third kappa shape index (κ3) is 4.53. The number of hydrogen-bond acceptors (Lipinski definition) is 3. The van der Waals surface area contributed by atoms with Gasteiger partial charge < -0.3 is 9.88 Å². The molecule has 0 spiro atoms. The maximum absolute atomic E-state index is 4.48. The van der Waals surface area contributed by atoms with Crippen LogP contribution in [-0.2, 0) is 7.05 Å². The van der Waals surface area contributed by atoms with Gasteiger partial charge in [0.1, 0.15) is 0 Å². The molecular weight excluding hydrogens is 254 g/mol. The summed E-state index contributed by atoms with van der Waals surface area (Å²) in [6.45, 7) is 3.39. The SMILES string of the molecule is CCCNC1CCCCCCC1Sc1nccn1C. The van der Waals surface area contributed by atoms with Gasteiger partial charge in [0.2, 0.25) is 0 Å². The fraction of sp³-hybridized carbons (Fsp3) is 0.800. The lowest BCUT2D eigenvalue weighted by Crippen LogP contribution is -2.39. The predicted molar refractivity (Wildman–Crippen MR) is 82.6 cm³/mol. The quantitative estimate of drug-likeness (QED) is 0.894. The Labute approximate surface area is 121 Å². The third-order valence-electron chi connectivity index (χ3n) is 3.89. The first-order valence-electron chi connectivity index (χ1n) is 7.68. The van der Waals surface area contributed by atoms with E-state index in [0.29, 0.717) is 11.3 Å². The van der Waals surface area contributed by atoms with Gasteiger partial charge in [-0.15, -0.1) is 0 Å². The molecule has 1 N–H and O–H groups in total. The molecule has 1 fully saturated rings. The van der Waals surface area contributed by atoms with E-state index in [2.05, 4.69) is 28.8 Å². The summed E-state index contributed by atoms with van der Waals surface area (Å²) in [5, 5.41) is 5.60. The zero-order valence-corrected chi connectivity index (χ0v) is 13.1. The highest BCUT2D eigenvalue weighted by Gasteiger charge is 2.24. The van der Waals surface area contributed by atoms with Crippen molar-refractivity contribution in [1.82, 2.24) is 14.9 Å². The Balaban J connectivity index is 1.99. The van der Waals surface area contributed by atoms with Gasteiger partial charge in [-0.25, -0.2) is 4.98 Å². The van der Waals surface area contributed by atoms with Crippen LogP contribution in [0, 0.1) is 0 Å². The molecule has 0 amide bonds. The summed E-state index contributed by atoms with van der Waals surface area (Å²) in [6, 6.07) is 0.655. The second-order valence-corrected chi connectivity index (χ2v) is 6.74. The maximum Gasteiger partial charge on any atom is 0.167 e. The van der Waals surface area contributed by atoms with Crippen molar-refractivity contribution >= 4 is 11.8 Å². The van der Waals surface area contributed by atoms with E-state index >= 15 is 0 Å². The Hall–Kier alpha value is -0.480. The summed E-state index contributed by atoms with van der Waals surface area (Å²) in [7, 11) is 2.09. The Morgan fingerprint density at radius 2 is 2.11 bits per heavy atom. The van der Waals surface area contributed by atoms with Crippen molar-refractivity contribution in [2.75, 3.05) is 6.54 Å². The summed E-state index contributed by atoms with van der Waals surface area (Å²) in [5.74, 6) is 0. The summed E-state index contributed by atoms with van der Waals surface area (Å²) in [4.78, 5) is 4.48.